The topological polar surface area (TPSA) is 116 Å². The molecule has 2 amide bonds. The molecule has 220 valence electrons. The van der Waals surface area contributed by atoms with Crippen molar-refractivity contribution < 1.29 is 42.3 Å². The highest BCUT2D eigenvalue weighted by Crippen LogP contribution is 2.50. The number of methoxy groups -OCH3 is 1. The predicted molar refractivity (Wildman–Crippen MR) is 153 cm³/mol. The second-order valence-corrected chi connectivity index (χ2v) is 10.8. The number of amides is 2. The summed E-state index contributed by atoms with van der Waals surface area (Å²) in [5.74, 6) is -3.54. The monoisotopic (exact) mass is 604 g/mol. The van der Waals surface area contributed by atoms with Gasteiger partial charge < -0.3 is 13.9 Å². The molecule has 0 aliphatic carbocycles. The van der Waals surface area contributed by atoms with E-state index in [1.165, 1.54) is 31.2 Å². The number of carbonyl (C=O) groups is 4. The molecule has 10 nitrogen and oxygen atoms in total. The lowest BCUT2D eigenvalue weighted by molar-refractivity contribution is -0.126. The zero-order chi connectivity index (χ0) is 30.4. The molecule has 0 radical (unpaired) electrons. The van der Waals surface area contributed by atoms with E-state index >= 15 is 0 Å². The highest BCUT2D eigenvalue weighted by Gasteiger charge is 2.62. The van der Waals surface area contributed by atoms with Crippen LogP contribution in [-0.4, -0.2) is 43.6 Å². The molecule has 4 aromatic rings. The van der Waals surface area contributed by atoms with Gasteiger partial charge in [0, 0.05) is 5.56 Å². The minimum atomic E-state index is -1.25. The van der Waals surface area contributed by atoms with Crippen molar-refractivity contribution in [3.63, 3.8) is 0 Å². The molecule has 2 aromatic carbocycles. The van der Waals surface area contributed by atoms with Gasteiger partial charge in [0.1, 0.15) is 39.2 Å². The Morgan fingerprint density at radius 3 is 2.37 bits per heavy atom. The molecular weight excluding hydrogens is 579 g/mol. The molecule has 0 unspecified atom stereocenters. The quantitative estimate of drug-likeness (QED) is 0.200. The van der Waals surface area contributed by atoms with E-state index in [9.17, 15) is 23.6 Å². The van der Waals surface area contributed by atoms with Gasteiger partial charge in [0.05, 0.1) is 25.0 Å². The summed E-state index contributed by atoms with van der Waals surface area (Å²) in [7, 11) is 1.17. The third-order valence-corrected chi connectivity index (χ3v) is 8.61. The van der Waals surface area contributed by atoms with Crippen LogP contribution in [0.2, 0.25) is 0 Å². The van der Waals surface area contributed by atoms with E-state index in [4.69, 9.17) is 18.7 Å². The van der Waals surface area contributed by atoms with E-state index in [1.807, 2.05) is 6.07 Å². The number of fused-ring (bicyclic) bond motifs is 1. The van der Waals surface area contributed by atoms with Gasteiger partial charge in [0.25, 0.3) is 5.91 Å². The fourth-order valence-electron chi connectivity index (χ4n) is 5.37. The highest BCUT2D eigenvalue weighted by molar-refractivity contribution is 7.19. The Hall–Kier alpha value is -4.81. The van der Waals surface area contributed by atoms with Gasteiger partial charge in [-0.25, -0.2) is 23.9 Å². The third-order valence-electron chi connectivity index (χ3n) is 7.35. The number of hydrogen-bond donors (Lipinski definition) is 0. The molecule has 4 heterocycles. The second-order valence-electron chi connectivity index (χ2n) is 9.83. The van der Waals surface area contributed by atoms with Crippen molar-refractivity contribution in [1.29, 1.82) is 0 Å². The summed E-state index contributed by atoms with van der Waals surface area (Å²) in [6.45, 7) is 3.27. The fraction of sp³-hybridized carbons (Fsp3) is 0.226. The Morgan fingerprint density at radius 1 is 0.977 bits per heavy atom. The second kappa shape index (κ2) is 11.1. The number of rotatable bonds is 7. The number of ether oxygens (including phenoxy) is 2. The number of esters is 2. The lowest BCUT2D eigenvalue weighted by atomic mass is 9.94. The summed E-state index contributed by atoms with van der Waals surface area (Å²) >= 11 is 0.804. The van der Waals surface area contributed by atoms with Crippen LogP contribution in [0.1, 0.15) is 44.3 Å². The maximum atomic E-state index is 14.2. The van der Waals surface area contributed by atoms with E-state index in [-0.39, 0.29) is 27.6 Å². The number of hydroxylamine groups is 1. The van der Waals surface area contributed by atoms with Crippen LogP contribution in [0.4, 0.5) is 15.1 Å². The van der Waals surface area contributed by atoms with E-state index in [1.54, 1.807) is 55.5 Å². The molecule has 0 spiro atoms. The number of hydrogen-bond acceptors (Lipinski definition) is 10. The first-order valence-electron chi connectivity index (χ1n) is 13.4. The largest absolute Gasteiger partial charge is 0.465 e. The van der Waals surface area contributed by atoms with Crippen molar-refractivity contribution in [2.45, 2.75) is 26.0 Å². The summed E-state index contributed by atoms with van der Waals surface area (Å²) in [5.41, 5.74) is 1.36. The summed E-state index contributed by atoms with van der Waals surface area (Å²) < 4.78 is 29.8. The summed E-state index contributed by atoms with van der Waals surface area (Å²) in [5, 5.41) is 1.43. The first kappa shape index (κ1) is 28.3. The zero-order valence-corrected chi connectivity index (χ0v) is 24.1. The van der Waals surface area contributed by atoms with Crippen molar-refractivity contribution in [2.75, 3.05) is 23.7 Å². The van der Waals surface area contributed by atoms with E-state index < -0.39 is 47.6 Å². The van der Waals surface area contributed by atoms with Crippen LogP contribution in [0.25, 0.3) is 11.3 Å². The number of benzene rings is 2. The Balaban J connectivity index is 1.43. The highest BCUT2D eigenvalue weighted by atomic mass is 32.1. The van der Waals surface area contributed by atoms with Crippen LogP contribution in [0.15, 0.2) is 71.1 Å². The SMILES string of the molecule is CCOC(=O)c1sc(N2C(=O)[C@@H]3[C@@H](ON(c4ccccc4)[C@H]3c3ccc(-c4ccc(F)cc4)o3)C2=O)c(C(=O)OC)c1C. The lowest BCUT2D eigenvalue weighted by Gasteiger charge is -2.27. The van der Waals surface area contributed by atoms with E-state index in [2.05, 4.69) is 0 Å². The fourth-order valence-corrected chi connectivity index (χ4v) is 6.57. The molecule has 0 N–H and O–H groups in total. The van der Waals surface area contributed by atoms with Crippen molar-refractivity contribution in [2.24, 2.45) is 5.92 Å². The van der Waals surface area contributed by atoms with Crippen molar-refractivity contribution >= 4 is 45.8 Å². The molecular formula is C31H25FN2O8S. The van der Waals surface area contributed by atoms with E-state index in [0.29, 0.717) is 22.8 Å². The normalized spacial score (nSPS) is 19.6. The van der Waals surface area contributed by atoms with Gasteiger partial charge in [0.15, 0.2) is 6.10 Å². The van der Waals surface area contributed by atoms with Crippen molar-refractivity contribution in [1.82, 2.24) is 0 Å². The minimum Gasteiger partial charge on any atom is -0.465 e. The molecule has 2 fully saturated rings. The van der Waals surface area contributed by atoms with Crippen LogP contribution >= 0.6 is 11.3 Å². The van der Waals surface area contributed by atoms with Gasteiger partial charge in [-0.3, -0.25) is 14.4 Å². The number of anilines is 2. The summed E-state index contributed by atoms with van der Waals surface area (Å²) in [6, 6.07) is 17.2. The molecule has 3 atom stereocenters. The van der Waals surface area contributed by atoms with Gasteiger partial charge in [-0.1, -0.05) is 18.2 Å². The number of imide groups is 1. The first-order chi connectivity index (χ1) is 20.7. The predicted octanol–water partition coefficient (Wildman–Crippen LogP) is 5.47. The average molecular weight is 605 g/mol. The Morgan fingerprint density at radius 2 is 1.70 bits per heavy atom. The maximum Gasteiger partial charge on any atom is 0.348 e. The maximum absolute atomic E-state index is 14.2. The van der Waals surface area contributed by atoms with Crippen molar-refractivity contribution in [3.8, 4) is 11.3 Å². The molecule has 0 saturated carbocycles. The average Bonchev–Trinajstić information content (AvgIpc) is 3.77. The van der Waals surface area contributed by atoms with Gasteiger partial charge >= 0.3 is 11.9 Å². The van der Waals surface area contributed by atoms with Crippen LogP contribution in [0.3, 0.4) is 0 Å². The van der Waals surface area contributed by atoms with Crippen molar-refractivity contribution in [3.05, 3.63) is 94.3 Å². The van der Waals surface area contributed by atoms with Gasteiger partial charge in [0.2, 0.25) is 5.91 Å². The standard InChI is InChI=1S/C31H25FN2O8S/c1-4-40-31(38)26-16(2)22(30(37)39-3)29(43-26)33-27(35)23-24(21-15-14-20(41-21)17-10-12-18(32)13-11-17)34(42-25(23)28(33)36)19-8-6-5-7-9-19/h5-15,23-25H,4H2,1-3H3/t23-,24-,25+/m0/s1. The Labute approximate surface area is 249 Å². The lowest BCUT2D eigenvalue weighted by Crippen LogP contribution is -2.37. The molecule has 2 saturated heterocycles. The van der Waals surface area contributed by atoms with Gasteiger partial charge in [-0.15, -0.1) is 11.3 Å². The Bertz CT molecular complexity index is 1730. The molecule has 0 bridgehead atoms. The number of nitrogens with zero attached hydrogens (tertiary/aromatic N) is 2. The molecule has 2 aliphatic heterocycles. The van der Waals surface area contributed by atoms with Gasteiger partial charge in [-0.2, -0.15) is 0 Å². The minimum absolute atomic E-state index is 0.0446. The van der Waals surface area contributed by atoms with E-state index in [0.717, 1.165) is 16.2 Å². The third kappa shape index (κ3) is 4.68. The molecule has 2 aromatic heterocycles. The van der Waals surface area contributed by atoms with Crippen LogP contribution in [0, 0.1) is 18.7 Å². The molecule has 2 aliphatic rings. The smallest absolute Gasteiger partial charge is 0.348 e. The first-order valence-corrected chi connectivity index (χ1v) is 14.2. The molecule has 12 heteroatoms. The number of para-hydroxylation sites is 1. The number of carbonyl (C=O) groups excluding carboxylic acids is 4. The molecule has 6 rings (SSSR count). The Kier molecular flexibility index (Phi) is 7.32. The number of furan rings is 1. The summed E-state index contributed by atoms with van der Waals surface area (Å²) in [4.78, 5) is 60.8. The van der Waals surface area contributed by atoms with Crippen LogP contribution < -0.4 is 9.96 Å². The van der Waals surface area contributed by atoms with Gasteiger partial charge in [-0.05, 0) is 67.9 Å². The van der Waals surface area contributed by atoms with Crippen LogP contribution in [0.5, 0.6) is 0 Å². The zero-order valence-electron chi connectivity index (χ0n) is 23.2. The summed E-state index contributed by atoms with van der Waals surface area (Å²) in [6.07, 6.45) is -1.25. The number of thiophene rings is 1. The van der Waals surface area contributed by atoms with Crippen LogP contribution in [-0.2, 0) is 23.9 Å². The molecule has 43 heavy (non-hydrogen) atoms. The number of halogens is 1.